The minimum atomic E-state index is -0.599. The summed E-state index contributed by atoms with van der Waals surface area (Å²) in [5.41, 5.74) is 0.265. The Morgan fingerprint density at radius 1 is 1.56 bits per heavy atom. The maximum absolute atomic E-state index is 13.3. The fourth-order valence-corrected chi connectivity index (χ4v) is 2.08. The summed E-state index contributed by atoms with van der Waals surface area (Å²) in [7, 11) is 1.78. The van der Waals surface area contributed by atoms with Crippen LogP contribution in [0, 0.1) is 15.9 Å². The van der Waals surface area contributed by atoms with Gasteiger partial charge in [0.05, 0.1) is 17.1 Å². The summed E-state index contributed by atoms with van der Waals surface area (Å²) in [5.74, 6) is -0.599. The molecule has 6 heteroatoms. The Hall–Kier alpha value is -1.69. The Bertz CT molecular complexity index is 447. The number of halogens is 1. The Morgan fingerprint density at radius 3 is 2.94 bits per heavy atom. The van der Waals surface area contributed by atoms with Crippen LogP contribution >= 0.6 is 0 Å². The van der Waals surface area contributed by atoms with Gasteiger partial charge < -0.3 is 9.64 Å². The summed E-state index contributed by atoms with van der Waals surface area (Å²) in [6.45, 7) is 1.36. The highest BCUT2D eigenvalue weighted by atomic mass is 19.1. The number of anilines is 1. The van der Waals surface area contributed by atoms with Crippen LogP contribution in [0.3, 0.4) is 0 Å². The van der Waals surface area contributed by atoms with Crippen LogP contribution in [-0.4, -0.2) is 31.2 Å². The molecule has 5 nitrogen and oxygen atoms in total. The maximum Gasteiger partial charge on any atom is 0.274 e. The molecule has 0 aromatic heterocycles. The molecule has 0 N–H and O–H groups in total. The molecule has 18 heavy (non-hydrogen) atoms. The Labute approximate surface area is 104 Å². The van der Waals surface area contributed by atoms with Gasteiger partial charge in [0.1, 0.15) is 5.82 Å². The van der Waals surface area contributed by atoms with E-state index in [2.05, 4.69) is 0 Å². The van der Waals surface area contributed by atoms with Gasteiger partial charge in [0, 0.05) is 32.0 Å². The summed E-state index contributed by atoms with van der Waals surface area (Å²) >= 11 is 0. The van der Waals surface area contributed by atoms with E-state index in [0.717, 1.165) is 25.5 Å². The molecule has 1 fully saturated rings. The lowest BCUT2D eigenvalue weighted by Gasteiger charge is -2.22. The summed E-state index contributed by atoms with van der Waals surface area (Å²) in [6, 6.07) is 3.59. The fraction of sp³-hybridized carbons (Fsp3) is 0.500. The Balaban J connectivity index is 2.13. The highest BCUT2D eigenvalue weighted by Crippen LogP contribution is 2.24. The van der Waals surface area contributed by atoms with Gasteiger partial charge in [-0.1, -0.05) is 0 Å². The summed E-state index contributed by atoms with van der Waals surface area (Å²) in [4.78, 5) is 11.9. The van der Waals surface area contributed by atoms with Crippen LogP contribution in [0.2, 0.25) is 0 Å². The van der Waals surface area contributed by atoms with Crippen LogP contribution < -0.4 is 4.90 Å². The van der Waals surface area contributed by atoms with E-state index in [1.54, 1.807) is 11.9 Å². The standard InChI is InChI=1S/C12H15FN2O3/c1-14(8-12-3-2-4-18-12)10-5-9(13)6-11(7-10)15(16)17/h5-7,12H,2-4,8H2,1H3. The topological polar surface area (TPSA) is 55.6 Å². The molecule has 1 unspecified atom stereocenters. The third-order valence-corrected chi connectivity index (χ3v) is 3.02. The van der Waals surface area contributed by atoms with Crippen LogP contribution in [-0.2, 0) is 4.74 Å². The van der Waals surface area contributed by atoms with E-state index < -0.39 is 10.7 Å². The van der Waals surface area contributed by atoms with Crippen molar-refractivity contribution in [2.45, 2.75) is 18.9 Å². The number of hydrogen-bond donors (Lipinski definition) is 0. The molecule has 2 rings (SSSR count). The van der Waals surface area contributed by atoms with Crippen molar-refractivity contribution < 1.29 is 14.1 Å². The van der Waals surface area contributed by atoms with E-state index >= 15 is 0 Å². The number of non-ortho nitro benzene ring substituents is 1. The monoisotopic (exact) mass is 254 g/mol. The van der Waals surface area contributed by atoms with Crippen molar-refractivity contribution in [3.8, 4) is 0 Å². The summed E-state index contributed by atoms with van der Waals surface area (Å²) < 4.78 is 18.8. The Morgan fingerprint density at radius 2 is 2.33 bits per heavy atom. The second kappa shape index (κ2) is 5.30. The maximum atomic E-state index is 13.3. The van der Waals surface area contributed by atoms with Gasteiger partial charge in [0.15, 0.2) is 0 Å². The third kappa shape index (κ3) is 2.95. The van der Waals surface area contributed by atoms with E-state index in [-0.39, 0.29) is 11.8 Å². The SMILES string of the molecule is CN(CC1CCCO1)c1cc(F)cc([N+](=O)[O-])c1. The molecule has 0 radical (unpaired) electrons. The first-order valence-corrected chi connectivity index (χ1v) is 5.84. The number of hydrogen-bond acceptors (Lipinski definition) is 4. The predicted molar refractivity (Wildman–Crippen MR) is 65.3 cm³/mol. The lowest BCUT2D eigenvalue weighted by Crippen LogP contribution is -2.28. The minimum absolute atomic E-state index is 0.123. The number of nitro groups is 1. The average Bonchev–Trinajstić information content (AvgIpc) is 2.80. The fourth-order valence-electron chi connectivity index (χ4n) is 2.08. The molecule has 1 aromatic carbocycles. The Kier molecular flexibility index (Phi) is 3.76. The van der Waals surface area contributed by atoms with Crippen molar-refractivity contribution in [3.63, 3.8) is 0 Å². The molecule has 1 aliphatic rings. The predicted octanol–water partition coefficient (Wildman–Crippen LogP) is 2.35. The molecule has 0 aliphatic carbocycles. The molecule has 1 saturated heterocycles. The third-order valence-electron chi connectivity index (χ3n) is 3.02. The van der Waals surface area contributed by atoms with Gasteiger partial charge in [-0.25, -0.2) is 4.39 Å². The lowest BCUT2D eigenvalue weighted by atomic mass is 10.2. The number of nitrogens with zero attached hydrogens (tertiary/aromatic N) is 2. The van der Waals surface area contributed by atoms with E-state index in [9.17, 15) is 14.5 Å². The van der Waals surface area contributed by atoms with Gasteiger partial charge in [-0.2, -0.15) is 0 Å². The number of ether oxygens (including phenoxy) is 1. The van der Waals surface area contributed by atoms with Gasteiger partial charge in [-0.05, 0) is 18.9 Å². The normalized spacial score (nSPS) is 18.9. The number of benzene rings is 1. The zero-order chi connectivity index (χ0) is 13.1. The molecule has 1 heterocycles. The van der Waals surface area contributed by atoms with Gasteiger partial charge in [-0.3, -0.25) is 10.1 Å². The molecule has 0 amide bonds. The second-order valence-electron chi connectivity index (χ2n) is 4.44. The molecule has 0 saturated carbocycles. The van der Waals surface area contributed by atoms with E-state index in [1.165, 1.54) is 12.1 Å². The van der Waals surface area contributed by atoms with Crippen LogP contribution in [0.1, 0.15) is 12.8 Å². The highest BCUT2D eigenvalue weighted by Gasteiger charge is 2.19. The van der Waals surface area contributed by atoms with E-state index in [0.29, 0.717) is 12.2 Å². The molecule has 98 valence electrons. The molecule has 0 bridgehead atoms. The molecule has 1 atom stereocenters. The largest absolute Gasteiger partial charge is 0.376 e. The average molecular weight is 254 g/mol. The molecule has 1 aliphatic heterocycles. The van der Waals surface area contributed by atoms with Gasteiger partial charge in [0.25, 0.3) is 5.69 Å². The smallest absolute Gasteiger partial charge is 0.274 e. The van der Waals surface area contributed by atoms with Crippen LogP contribution in [0.5, 0.6) is 0 Å². The van der Waals surface area contributed by atoms with Gasteiger partial charge >= 0.3 is 0 Å². The molecule has 1 aromatic rings. The number of likely N-dealkylation sites (N-methyl/N-ethyl adjacent to an activating group) is 1. The lowest BCUT2D eigenvalue weighted by molar-refractivity contribution is -0.385. The van der Waals surface area contributed by atoms with Crippen molar-refractivity contribution in [2.75, 3.05) is 25.1 Å². The number of rotatable bonds is 4. The zero-order valence-electron chi connectivity index (χ0n) is 10.1. The second-order valence-corrected chi connectivity index (χ2v) is 4.44. The minimum Gasteiger partial charge on any atom is -0.376 e. The number of nitro benzene ring substituents is 1. The van der Waals surface area contributed by atoms with Crippen molar-refractivity contribution in [2.24, 2.45) is 0 Å². The summed E-state index contributed by atoms with van der Waals surface area (Å²) in [6.07, 6.45) is 2.13. The van der Waals surface area contributed by atoms with Crippen molar-refractivity contribution in [3.05, 3.63) is 34.1 Å². The zero-order valence-corrected chi connectivity index (χ0v) is 10.1. The van der Waals surface area contributed by atoms with Crippen molar-refractivity contribution >= 4 is 11.4 Å². The van der Waals surface area contributed by atoms with Crippen molar-refractivity contribution in [1.29, 1.82) is 0 Å². The first kappa shape index (κ1) is 12.8. The van der Waals surface area contributed by atoms with E-state index in [1.807, 2.05) is 0 Å². The van der Waals surface area contributed by atoms with Gasteiger partial charge in [0.2, 0.25) is 0 Å². The molecule has 0 spiro atoms. The quantitative estimate of drug-likeness (QED) is 0.611. The molecular formula is C12H15FN2O3. The van der Waals surface area contributed by atoms with Gasteiger partial charge in [-0.15, -0.1) is 0 Å². The first-order valence-electron chi connectivity index (χ1n) is 5.84. The summed E-state index contributed by atoms with van der Waals surface area (Å²) in [5, 5.41) is 10.7. The van der Waals surface area contributed by atoms with Crippen LogP contribution in [0.4, 0.5) is 15.8 Å². The van der Waals surface area contributed by atoms with Crippen LogP contribution in [0.25, 0.3) is 0 Å². The van der Waals surface area contributed by atoms with Crippen molar-refractivity contribution in [1.82, 2.24) is 0 Å². The first-order chi connectivity index (χ1) is 8.56. The molecular weight excluding hydrogens is 239 g/mol. The highest BCUT2D eigenvalue weighted by molar-refractivity contribution is 5.53. The van der Waals surface area contributed by atoms with Crippen LogP contribution in [0.15, 0.2) is 18.2 Å². The van der Waals surface area contributed by atoms with E-state index in [4.69, 9.17) is 4.74 Å².